The maximum absolute atomic E-state index is 10.1. The summed E-state index contributed by atoms with van der Waals surface area (Å²) in [5.74, 6) is 0.971. The van der Waals surface area contributed by atoms with Crippen molar-refractivity contribution < 1.29 is 14.6 Å². The molecule has 1 saturated heterocycles. The van der Waals surface area contributed by atoms with Crippen molar-refractivity contribution in [2.24, 2.45) is 0 Å². The zero-order valence-corrected chi connectivity index (χ0v) is 11.2. The van der Waals surface area contributed by atoms with Crippen molar-refractivity contribution in [3.05, 3.63) is 23.8 Å². The van der Waals surface area contributed by atoms with E-state index in [9.17, 15) is 5.11 Å². The van der Waals surface area contributed by atoms with Crippen LogP contribution < -0.4 is 4.74 Å². The van der Waals surface area contributed by atoms with Gasteiger partial charge in [0.1, 0.15) is 11.5 Å². The molecule has 1 aromatic rings. The van der Waals surface area contributed by atoms with Crippen molar-refractivity contribution in [3.8, 4) is 11.5 Å². The lowest BCUT2D eigenvalue weighted by atomic mass is 10.0. The average molecular weight is 251 g/mol. The minimum Gasteiger partial charge on any atom is -0.507 e. The van der Waals surface area contributed by atoms with Crippen LogP contribution in [0.2, 0.25) is 0 Å². The molecule has 0 saturated carbocycles. The number of phenolic OH excluding ortho intramolecular Hbond substituents is 1. The fourth-order valence-corrected chi connectivity index (χ4v) is 2.50. The van der Waals surface area contributed by atoms with Crippen LogP contribution in [0.4, 0.5) is 0 Å². The Kier molecular flexibility index (Phi) is 4.09. The van der Waals surface area contributed by atoms with Crippen LogP contribution >= 0.6 is 0 Å². The Morgan fingerprint density at radius 3 is 2.89 bits per heavy atom. The maximum atomic E-state index is 10.1. The molecule has 2 unspecified atom stereocenters. The van der Waals surface area contributed by atoms with Crippen molar-refractivity contribution in [2.45, 2.75) is 25.9 Å². The Morgan fingerprint density at radius 1 is 1.50 bits per heavy atom. The van der Waals surface area contributed by atoms with Gasteiger partial charge in [-0.2, -0.15) is 0 Å². The van der Waals surface area contributed by atoms with Crippen LogP contribution in [0.25, 0.3) is 0 Å². The molecule has 1 N–H and O–H groups in total. The van der Waals surface area contributed by atoms with Crippen LogP contribution in [0.15, 0.2) is 18.2 Å². The standard InChI is InChI=1S/C14H21NO3/c1-10-9-18-7-6-15(10)11(2)13-5-4-12(17-3)8-14(13)16/h4-5,8,10-11,16H,6-7,9H2,1-3H3. The Labute approximate surface area is 108 Å². The van der Waals surface area contributed by atoms with Gasteiger partial charge in [0.2, 0.25) is 0 Å². The van der Waals surface area contributed by atoms with Crippen molar-refractivity contribution in [1.29, 1.82) is 0 Å². The Bertz CT molecular complexity index is 408. The highest BCUT2D eigenvalue weighted by molar-refractivity contribution is 5.41. The molecule has 4 nitrogen and oxygen atoms in total. The molecule has 0 radical (unpaired) electrons. The Balaban J connectivity index is 2.19. The van der Waals surface area contributed by atoms with E-state index in [-0.39, 0.29) is 6.04 Å². The smallest absolute Gasteiger partial charge is 0.124 e. The van der Waals surface area contributed by atoms with Gasteiger partial charge in [-0.05, 0) is 19.9 Å². The predicted molar refractivity (Wildman–Crippen MR) is 70.1 cm³/mol. The largest absolute Gasteiger partial charge is 0.507 e. The van der Waals surface area contributed by atoms with Crippen LogP contribution in [0.5, 0.6) is 11.5 Å². The predicted octanol–water partition coefficient (Wildman–Crippen LogP) is 2.18. The second-order valence-corrected chi connectivity index (χ2v) is 4.76. The van der Waals surface area contributed by atoms with E-state index >= 15 is 0 Å². The Morgan fingerprint density at radius 2 is 2.28 bits per heavy atom. The van der Waals surface area contributed by atoms with Gasteiger partial charge in [-0.25, -0.2) is 0 Å². The quantitative estimate of drug-likeness (QED) is 0.894. The fourth-order valence-electron chi connectivity index (χ4n) is 2.50. The molecule has 1 aliphatic rings. The number of rotatable bonds is 3. The van der Waals surface area contributed by atoms with E-state index in [1.54, 1.807) is 13.2 Å². The van der Waals surface area contributed by atoms with E-state index in [4.69, 9.17) is 9.47 Å². The summed E-state index contributed by atoms with van der Waals surface area (Å²) in [6, 6.07) is 6.03. The van der Waals surface area contributed by atoms with Crippen LogP contribution in [0.1, 0.15) is 25.5 Å². The van der Waals surface area contributed by atoms with Crippen molar-refractivity contribution in [2.75, 3.05) is 26.9 Å². The summed E-state index contributed by atoms with van der Waals surface area (Å²) in [5.41, 5.74) is 0.935. The lowest BCUT2D eigenvalue weighted by Crippen LogP contribution is -2.44. The first-order valence-corrected chi connectivity index (χ1v) is 6.34. The third-order valence-electron chi connectivity index (χ3n) is 3.60. The second kappa shape index (κ2) is 5.59. The van der Waals surface area contributed by atoms with Gasteiger partial charge in [-0.3, -0.25) is 4.90 Å². The van der Waals surface area contributed by atoms with E-state index in [1.807, 2.05) is 12.1 Å². The van der Waals surface area contributed by atoms with Gasteiger partial charge in [-0.1, -0.05) is 6.07 Å². The molecule has 1 aromatic carbocycles. The fraction of sp³-hybridized carbons (Fsp3) is 0.571. The van der Waals surface area contributed by atoms with Crippen molar-refractivity contribution in [1.82, 2.24) is 4.90 Å². The van der Waals surface area contributed by atoms with Crippen molar-refractivity contribution >= 4 is 0 Å². The number of phenols is 1. The summed E-state index contributed by atoms with van der Waals surface area (Å²) in [6.07, 6.45) is 0. The SMILES string of the molecule is COc1ccc(C(C)N2CCOCC2C)c(O)c1. The number of methoxy groups -OCH3 is 1. The van der Waals surface area contributed by atoms with Crippen molar-refractivity contribution in [3.63, 3.8) is 0 Å². The summed E-state index contributed by atoms with van der Waals surface area (Å²) < 4.78 is 10.5. The first-order chi connectivity index (χ1) is 8.63. The molecule has 1 aliphatic heterocycles. The van der Waals surface area contributed by atoms with Gasteiger partial charge in [0, 0.05) is 30.3 Å². The van der Waals surface area contributed by atoms with Gasteiger partial charge in [0.15, 0.2) is 0 Å². The molecule has 1 heterocycles. The van der Waals surface area contributed by atoms with E-state index in [2.05, 4.69) is 18.7 Å². The number of ether oxygens (including phenoxy) is 2. The summed E-state index contributed by atoms with van der Waals surface area (Å²) in [5, 5.41) is 10.1. The van der Waals surface area contributed by atoms with E-state index in [0.29, 0.717) is 17.5 Å². The van der Waals surface area contributed by atoms with E-state index in [0.717, 1.165) is 25.3 Å². The molecule has 18 heavy (non-hydrogen) atoms. The van der Waals surface area contributed by atoms with E-state index in [1.165, 1.54) is 0 Å². The van der Waals surface area contributed by atoms with Gasteiger partial charge in [0.05, 0.1) is 20.3 Å². The topological polar surface area (TPSA) is 41.9 Å². The molecule has 0 aromatic heterocycles. The van der Waals surface area contributed by atoms with Crippen LogP contribution in [-0.2, 0) is 4.74 Å². The van der Waals surface area contributed by atoms with Gasteiger partial charge >= 0.3 is 0 Å². The summed E-state index contributed by atoms with van der Waals surface area (Å²) in [4.78, 5) is 2.35. The third-order valence-corrected chi connectivity index (χ3v) is 3.60. The lowest BCUT2D eigenvalue weighted by molar-refractivity contribution is -0.0194. The maximum Gasteiger partial charge on any atom is 0.124 e. The molecule has 4 heteroatoms. The molecule has 2 atom stereocenters. The highest BCUT2D eigenvalue weighted by Crippen LogP contribution is 2.33. The molecule has 1 fully saturated rings. The second-order valence-electron chi connectivity index (χ2n) is 4.76. The molecule has 100 valence electrons. The normalized spacial score (nSPS) is 22.7. The number of hydrogen-bond donors (Lipinski definition) is 1. The Hall–Kier alpha value is -1.26. The van der Waals surface area contributed by atoms with Crippen LogP contribution in [0.3, 0.4) is 0 Å². The lowest BCUT2D eigenvalue weighted by Gasteiger charge is -2.38. The third kappa shape index (κ3) is 2.60. The molecule has 0 bridgehead atoms. The average Bonchev–Trinajstić information content (AvgIpc) is 2.38. The summed E-state index contributed by atoms with van der Waals surface area (Å²) >= 11 is 0. The van der Waals surface area contributed by atoms with Crippen LogP contribution in [-0.4, -0.2) is 42.9 Å². The minimum absolute atomic E-state index is 0.176. The number of hydrogen-bond acceptors (Lipinski definition) is 4. The highest BCUT2D eigenvalue weighted by Gasteiger charge is 2.26. The zero-order chi connectivity index (χ0) is 13.1. The summed E-state index contributed by atoms with van der Waals surface area (Å²) in [7, 11) is 1.60. The molecule has 0 aliphatic carbocycles. The first-order valence-electron chi connectivity index (χ1n) is 6.34. The first kappa shape index (κ1) is 13.2. The molecule has 0 amide bonds. The van der Waals surface area contributed by atoms with Gasteiger partial charge in [0.25, 0.3) is 0 Å². The monoisotopic (exact) mass is 251 g/mol. The number of nitrogens with zero attached hydrogens (tertiary/aromatic N) is 1. The number of aromatic hydroxyl groups is 1. The molecule has 2 rings (SSSR count). The summed E-state index contributed by atoms with van der Waals surface area (Å²) in [6.45, 7) is 6.67. The number of benzene rings is 1. The van der Waals surface area contributed by atoms with E-state index < -0.39 is 0 Å². The van der Waals surface area contributed by atoms with Crippen LogP contribution in [0, 0.1) is 0 Å². The minimum atomic E-state index is 0.176. The number of morpholine rings is 1. The molecular formula is C14H21NO3. The zero-order valence-electron chi connectivity index (χ0n) is 11.2. The van der Waals surface area contributed by atoms with Gasteiger partial charge < -0.3 is 14.6 Å². The highest BCUT2D eigenvalue weighted by atomic mass is 16.5. The molecule has 0 spiro atoms. The van der Waals surface area contributed by atoms with Gasteiger partial charge in [-0.15, -0.1) is 0 Å². The molecular weight excluding hydrogens is 230 g/mol.